The van der Waals surface area contributed by atoms with Gasteiger partial charge >= 0.3 is 0 Å². The van der Waals surface area contributed by atoms with Crippen molar-refractivity contribution < 1.29 is 4.92 Å². The summed E-state index contributed by atoms with van der Waals surface area (Å²) in [5.74, 6) is 0. The molecule has 21 heavy (non-hydrogen) atoms. The molecule has 3 rings (SSSR count). The van der Waals surface area contributed by atoms with Crippen molar-refractivity contribution in [3.05, 3.63) is 50.4 Å². The molecule has 0 atom stereocenters. The third-order valence-electron chi connectivity index (χ3n) is 3.20. The van der Waals surface area contributed by atoms with Crippen LogP contribution in [-0.4, -0.2) is 19.9 Å². The molecule has 0 radical (unpaired) electrons. The Kier molecular flexibility index (Phi) is 3.27. The SMILES string of the molecule is Cc1c(-c2nc(Cl)ncc2Cl)[nH]c2ccc([N+](=O)[O-])cc12. The molecular weight excluding hydrogens is 315 g/mol. The van der Waals surface area contributed by atoms with E-state index in [9.17, 15) is 10.1 Å². The third-order valence-corrected chi connectivity index (χ3v) is 3.66. The van der Waals surface area contributed by atoms with Gasteiger partial charge in [0.05, 0.1) is 21.8 Å². The molecule has 6 nitrogen and oxygen atoms in total. The maximum Gasteiger partial charge on any atom is 0.270 e. The highest BCUT2D eigenvalue weighted by Gasteiger charge is 2.17. The van der Waals surface area contributed by atoms with Gasteiger partial charge in [0.25, 0.3) is 5.69 Å². The summed E-state index contributed by atoms with van der Waals surface area (Å²) in [5.41, 5.74) is 2.74. The second-order valence-corrected chi connectivity index (χ2v) is 5.19. The first-order valence-electron chi connectivity index (χ1n) is 5.92. The predicted octanol–water partition coefficient (Wildman–Crippen LogP) is 4.15. The number of H-pyrrole nitrogens is 1. The standard InChI is InChI=1S/C13H8Cl2N4O2/c1-6-8-4-7(19(20)21)2-3-10(8)17-11(6)12-9(14)5-16-13(15)18-12/h2-5,17H,1H3. The first kappa shape index (κ1) is 13.8. The van der Waals surface area contributed by atoms with Crippen molar-refractivity contribution >= 4 is 39.8 Å². The number of aromatic nitrogens is 3. The summed E-state index contributed by atoms with van der Waals surface area (Å²) in [6.45, 7) is 1.84. The van der Waals surface area contributed by atoms with Crippen LogP contribution in [0.1, 0.15) is 5.56 Å². The van der Waals surface area contributed by atoms with Gasteiger partial charge in [-0.25, -0.2) is 9.97 Å². The number of aromatic amines is 1. The van der Waals surface area contributed by atoms with Crippen LogP contribution in [0, 0.1) is 17.0 Å². The Labute approximate surface area is 128 Å². The van der Waals surface area contributed by atoms with Crippen LogP contribution in [0.15, 0.2) is 24.4 Å². The Morgan fingerprint density at radius 2 is 2.10 bits per heavy atom. The van der Waals surface area contributed by atoms with E-state index >= 15 is 0 Å². The number of nitrogens with zero attached hydrogens (tertiary/aromatic N) is 3. The summed E-state index contributed by atoms with van der Waals surface area (Å²) in [6.07, 6.45) is 1.42. The minimum atomic E-state index is -0.430. The molecule has 0 saturated heterocycles. The van der Waals surface area contributed by atoms with Gasteiger partial charge in [-0.3, -0.25) is 10.1 Å². The van der Waals surface area contributed by atoms with E-state index in [0.717, 1.165) is 16.5 Å². The zero-order chi connectivity index (χ0) is 15.1. The summed E-state index contributed by atoms with van der Waals surface area (Å²) in [5, 5.41) is 12.0. The van der Waals surface area contributed by atoms with Gasteiger partial charge in [-0.15, -0.1) is 0 Å². The highest BCUT2D eigenvalue weighted by atomic mass is 35.5. The molecule has 8 heteroatoms. The molecule has 0 amide bonds. The molecule has 2 aromatic heterocycles. The molecule has 0 spiro atoms. The lowest BCUT2D eigenvalue weighted by molar-refractivity contribution is -0.384. The topological polar surface area (TPSA) is 84.7 Å². The third kappa shape index (κ3) is 2.32. The molecule has 0 aliphatic carbocycles. The maximum atomic E-state index is 10.9. The van der Waals surface area contributed by atoms with Gasteiger partial charge in [-0.1, -0.05) is 11.6 Å². The molecule has 0 aliphatic rings. The molecule has 0 bridgehead atoms. The van der Waals surface area contributed by atoms with Crippen LogP contribution in [0.4, 0.5) is 5.69 Å². The molecule has 106 valence electrons. The number of nitro benzene ring substituents is 1. The van der Waals surface area contributed by atoms with Gasteiger partial charge in [-0.2, -0.15) is 0 Å². The van der Waals surface area contributed by atoms with E-state index in [2.05, 4.69) is 15.0 Å². The monoisotopic (exact) mass is 322 g/mol. The number of benzene rings is 1. The predicted molar refractivity (Wildman–Crippen MR) is 80.7 cm³/mol. The van der Waals surface area contributed by atoms with E-state index in [1.54, 1.807) is 6.07 Å². The minimum Gasteiger partial charge on any atom is -0.353 e. The van der Waals surface area contributed by atoms with Crippen molar-refractivity contribution in [2.75, 3.05) is 0 Å². The lowest BCUT2D eigenvalue weighted by Crippen LogP contribution is -1.90. The van der Waals surface area contributed by atoms with Crippen LogP contribution >= 0.6 is 23.2 Å². The first-order valence-corrected chi connectivity index (χ1v) is 6.68. The van der Waals surface area contributed by atoms with Crippen LogP contribution < -0.4 is 0 Å². The smallest absolute Gasteiger partial charge is 0.270 e. The average molecular weight is 323 g/mol. The van der Waals surface area contributed by atoms with E-state index in [1.807, 2.05) is 6.92 Å². The minimum absolute atomic E-state index is 0.0305. The number of nitrogens with one attached hydrogen (secondary N) is 1. The second-order valence-electron chi connectivity index (χ2n) is 4.45. The first-order chi connectivity index (χ1) is 9.97. The van der Waals surface area contributed by atoms with Gasteiger partial charge in [0, 0.05) is 23.0 Å². The summed E-state index contributed by atoms with van der Waals surface area (Å²) >= 11 is 11.9. The van der Waals surface area contributed by atoms with Crippen molar-refractivity contribution in [3.8, 4) is 11.4 Å². The Hall–Kier alpha value is -2.18. The number of rotatable bonds is 2. The summed E-state index contributed by atoms with van der Waals surface area (Å²) in [6, 6.07) is 4.61. The summed E-state index contributed by atoms with van der Waals surface area (Å²) in [4.78, 5) is 21.5. The lowest BCUT2D eigenvalue weighted by atomic mass is 10.1. The number of fused-ring (bicyclic) bond motifs is 1. The van der Waals surface area contributed by atoms with Crippen molar-refractivity contribution in [3.63, 3.8) is 0 Å². The molecule has 1 N–H and O–H groups in total. The van der Waals surface area contributed by atoms with Crippen molar-refractivity contribution in [1.82, 2.24) is 15.0 Å². The maximum absolute atomic E-state index is 10.9. The summed E-state index contributed by atoms with van der Waals surface area (Å²) in [7, 11) is 0. The fourth-order valence-corrected chi connectivity index (χ4v) is 2.50. The molecular formula is C13H8Cl2N4O2. The molecule has 0 aliphatic heterocycles. The van der Waals surface area contributed by atoms with E-state index in [4.69, 9.17) is 23.2 Å². The molecule has 0 saturated carbocycles. The van der Waals surface area contributed by atoms with Crippen LogP contribution in [0.5, 0.6) is 0 Å². The molecule has 2 heterocycles. The van der Waals surface area contributed by atoms with Crippen molar-refractivity contribution in [2.45, 2.75) is 6.92 Å². The number of nitro groups is 1. The highest BCUT2D eigenvalue weighted by molar-refractivity contribution is 6.33. The molecule has 0 unspecified atom stereocenters. The van der Waals surface area contributed by atoms with Gasteiger partial charge in [0.1, 0.15) is 5.69 Å². The average Bonchev–Trinajstić information content (AvgIpc) is 2.78. The van der Waals surface area contributed by atoms with Crippen LogP contribution in [0.3, 0.4) is 0 Å². The fraction of sp³-hybridized carbons (Fsp3) is 0.0769. The zero-order valence-electron chi connectivity index (χ0n) is 10.7. The summed E-state index contributed by atoms with van der Waals surface area (Å²) < 4.78 is 0. The quantitative estimate of drug-likeness (QED) is 0.436. The molecule has 3 aromatic rings. The fourth-order valence-electron chi connectivity index (χ4n) is 2.19. The number of aryl methyl sites for hydroxylation is 1. The van der Waals surface area contributed by atoms with E-state index in [-0.39, 0.29) is 11.0 Å². The zero-order valence-corrected chi connectivity index (χ0v) is 12.2. The highest BCUT2D eigenvalue weighted by Crippen LogP contribution is 2.34. The second kappa shape index (κ2) is 4.98. The number of non-ortho nitro benzene ring substituents is 1. The Balaban J connectivity index is 2.27. The Morgan fingerprint density at radius 1 is 1.33 bits per heavy atom. The largest absolute Gasteiger partial charge is 0.353 e. The number of hydrogen-bond acceptors (Lipinski definition) is 4. The normalized spacial score (nSPS) is 11.0. The Bertz CT molecular complexity index is 876. The van der Waals surface area contributed by atoms with E-state index in [1.165, 1.54) is 18.3 Å². The van der Waals surface area contributed by atoms with Crippen LogP contribution in [0.25, 0.3) is 22.3 Å². The van der Waals surface area contributed by atoms with Crippen molar-refractivity contribution in [2.24, 2.45) is 0 Å². The lowest BCUT2D eigenvalue weighted by Gasteiger charge is -2.02. The van der Waals surface area contributed by atoms with Crippen LogP contribution in [-0.2, 0) is 0 Å². The van der Waals surface area contributed by atoms with E-state index < -0.39 is 4.92 Å². The number of halogens is 2. The van der Waals surface area contributed by atoms with E-state index in [0.29, 0.717) is 16.4 Å². The van der Waals surface area contributed by atoms with Gasteiger partial charge < -0.3 is 4.98 Å². The number of hydrogen-bond donors (Lipinski definition) is 1. The van der Waals surface area contributed by atoms with Gasteiger partial charge in [-0.05, 0) is 30.2 Å². The molecule has 0 fully saturated rings. The Morgan fingerprint density at radius 3 is 2.81 bits per heavy atom. The molecule has 1 aromatic carbocycles. The van der Waals surface area contributed by atoms with Gasteiger partial charge in [0.2, 0.25) is 5.28 Å². The van der Waals surface area contributed by atoms with Gasteiger partial charge in [0.15, 0.2) is 0 Å². The van der Waals surface area contributed by atoms with Crippen LogP contribution in [0.2, 0.25) is 10.3 Å². The van der Waals surface area contributed by atoms with Crippen molar-refractivity contribution in [1.29, 1.82) is 0 Å².